The first-order chi connectivity index (χ1) is 14.6. The number of carbonyl (C=O) groups excluding carboxylic acids is 1. The third-order valence-electron chi connectivity index (χ3n) is 5.54. The van der Waals surface area contributed by atoms with E-state index in [1.807, 2.05) is 16.9 Å². The van der Waals surface area contributed by atoms with Gasteiger partial charge in [-0.3, -0.25) is 4.79 Å². The number of halogens is 1. The lowest BCUT2D eigenvalue weighted by Gasteiger charge is -2.33. The molecule has 0 aliphatic carbocycles. The Balaban J connectivity index is 1.38. The van der Waals surface area contributed by atoms with E-state index in [4.69, 9.17) is 9.72 Å². The van der Waals surface area contributed by atoms with E-state index in [1.165, 1.54) is 24.3 Å². The second-order valence-corrected chi connectivity index (χ2v) is 8.17. The molecular formula is C20H21FN6O2S. The van der Waals surface area contributed by atoms with Gasteiger partial charge in [0.2, 0.25) is 0 Å². The summed E-state index contributed by atoms with van der Waals surface area (Å²) >= 11 is 1.59. The monoisotopic (exact) mass is 428 g/mol. The van der Waals surface area contributed by atoms with Gasteiger partial charge in [0.1, 0.15) is 11.5 Å². The molecule has 1 fully saturated rings. The van der Waals surface area contributed by atoms with E-state index in [-0.39, 0.29) is 17.8 Å². The third-order valence-corrected chi connectivity index (χ3v) is 6.44. The highest BCUT2D eigenvalue weighted by molar-refractivity contribution is 7.14. The molecule has 0 N–H and O–H groups in total. The number of anilines is 1. The van der Waals surface area contributed by atoms with Gasteiger partial charge in [-0.15, -0.1) is 21.5 Å². The lowest BCUT2D eigenvalue weighted by molar-refractivity contribution is 0.0638. The highest BCUT2D eigenvalue weighted by Crippen LogP contribution is 2.32. The van der Waals surface area contributed by atoms with E-state index >= 15 is 0 Å². The maximum absolute atomic E-state index is 13.2. The van der Waals surface area contributed by atoms with E-state index in [9.17, 15) is 9.18 Å². The van der Waals surface area contributed by atoms with E-state index in [2.05, 4.69) is 15.1 Å². The first kappa shape index (κ1) is 19.1. The van der Waals surface area contributed by atoms with Gasteiger partial charge in [-0.05, 0) is 31.2 Å². The van der Waals surface area contributed by atoms with Crippen LogP contribution in [0.5, 0.6) is 0 Å². The number of amides is 1. The van der Waals surface area contributed by atoms with Crippen LogP contribution >= 0.6 is 11.3 Å². The lowest BCUT2D eigenvalue weighted by atomic mass is 10.1. The summed E-state index contributed by atoms with van der Waals surface area (Å²) in [7, 11) is 0. The standard InChI is InChI=1S/C20H21FN6O2S/c1-13-17-23-24-18(16-12-30-20(22-16)25-8-10-29-11-9-25)27(17)7-6-26(13)19(28)14-2-4-15(21)5-3-14/h2-5,12-13H,6-11H2,1H3. The molecule has 2 aromatic heterocycles. The van der Waals surface area contributed by atoms with Crippen LogP contribution in [0.2, 0.25) is 0 Å². The summed E-state index contributed by atoms with van der Waals surface area (Å²) < 4.78 is 20.6. The van der Waals surface area contributed by atoms with Gasteiger partial charge in [0.25, 0.3) is 5.91 Å². The lowest BCUT2D eigenvalue weighted by Crippen LogP contribution is -2.41. The molecule has 10 heteroatoms. The molecule has 1 saturated heterocycles. The van der Waals surface area contributed by atoms with Gasteiger partial charge in [-0.1, -0.05) is 0 Å². The zero-order valence-electron chi connectivity index (χ0n) is 16.5. The fourth-order valence-electron chi connectivity index (χ4n) is 3.88. The van der Waals surface area contributed by atoms with Crippen LogP contribution in [-0.2, 0) is 11.3 Å². The summed E-state index contributed by atoms with van der Waals surface area (Å²) in [5, 5.41) is 11.7. The quantitative estimate of drug-likeness (QED) is 0.638. The number of benzene rings is 1. The Morgan fingerprint density at radius 1 is 1.13 bits per heavy atom. The minimum Gasteiger partial charge on any atom is -0.378 e. The summed E-state index contributed by atoms with van der Waals surface area (Å²) in [6.45, 7) is 6.14. The Kier molecular flexibility index (Phi) is 4.95. The van der Waals surface area contributed by atoms with E-state index < -0.39 is 0 Å². The van der Waals surface area contributed by atoms with Gasteiger partial charge < -0.3 is 19.1 Å². The maximum Gasteiger partial charge on any atom is 0.254 e. The van der Waals surface area contributed by atoms with Crippen molar-refractivity contribution in [1.82, 2.24) is 24.6 Å². The van der Waals surface area contributed by atoms with Gasteiger partial charge in [0.05, 0.1) is 19.3 Å². The smallest absolute Gasteiger partial charge is 0.254 e. The molecule has 0 bridgehead atoms. The number of morpholine rings is 1. The van der Waals surface area contributed by atoms with Crippen molar-refractivity contribution in [3.63, 3.8) is 0 Å². The van der Waals surface area contributed by atoms with Gasteiger partial charge >= 0.3 is 0 Å². The predicted molar refractivity (Wildman–Crippen MR) is 110 cm³/mol. The van der Waals surface area contributed by atoms with Crippen LogP contribution in [0.3, 0.4) is 0 Å². The second kappa shape index (κ2) is 7.77. The van der Waals surface area contributed by atoms with Crippen LogP contribution in [0.1, 0.15) is 29.1 Å². The Bertz CT molecular complexity index is 1060. The molecule has 0 spiro atoms. The SMILES string of the molecule is CC1c2nnc(-c3csc(N4CCOCC4)n3)n2CCN1C(=O)c1ccc(F)cc1. The number of fused-ring (bicyclic) bond motifs is 1. The van der Waals surface area contributed by atoms with E-state index in [1.54, 1.807) is 16.2 Å². The maximum atomic E-state index is 13.2. The number of aromatic nitrogens is 4. The van der Waals surface area contributed by atoms with Gasteiger partial charge in [0, 0.05) is 37.1 Å². The molecule has 8 nitrogen and oxygen atoms in total. The van der Waals surface area contributed by atoms with Crippen LogP contribution in [0.15, 0.2) is 29.6 Å². The molecule has 4 heterocycles. The topological polar surface area (TPSA) is 76.4 Å². The number of thiazole rings is 1. The number of hydrogen-bond acceptors (Lipinski definition) is 7. The normalized spacial score (nSPS) is 19.1. The summed E-state index contributed by atoms with van der Waals surface area (Å²) in [4.78, 5) is 21.6. The molecule has 0 radical (unpaired) electrons. The fraction of sp³-hybridized carbons (Fsp3) is 0.400. The molecule has 2 aliphatic heterocycles. The number of ether oxygens (including phenoxy) is 1. The molecule has 1 aromatic carbocycles. The molecule has 1 unspecified atom stereocenters. The van der Waals surface area contributed by atoms with Crippen LogP contribution < -0.4 is 4.90 Å². The van der Waals surface area contributed by atoms with Crippen LogP contribution in [0.25, 0.3) is 11.5 Å². The summed E-state index contributed by atoms with van der Waals surface area (Å²) in [6.07, 6.45) is 0. The fourth-order valence-corrected chi connectivity index (χ4v) is 4.74. The minimum absolute atomic E-state index is 0.137. The average molecular weight is 428 g/mol. The average Bonchev–Trinajstić information content (AvgIpc) is 3.42. The Morgan fingerprint density at radius 2 is 1.90 bits per heavy atom. The van der Waals surface area contributed by atoms with Crippen LogP contribution in [0.4, 0.5) is 9.52 Å². The Morgan fingerprint density at radius 3 is 2.67 bits per heavy atom. The van der Waals surface area contributed by atoms with E-state index in [0.717, 1.165) is 35.6 Å². The first-order valence-corrected chi connectivity index (χ1v) is 10.8. The van der Waals surface area contributed by atoms with Gasteiger partial charge in [-0.2, -0.15) is 0 Å². The summed E-state index contributed by atoms with van der Waals surface area (Å²) in [6, 6.07) is 5.39. The van der Waals surface area contributed by atoms with Crippen molar-refractivity contribution in [2.45, 2.75) is 19.5 Å². The largest absolute Gasteiger partial charge is 0.378 e. The Hall–Kier alpha value is -2.85. The van der Waals surface area contributed by atoms with Crippen molar-refractivity contribution < 1.29 is 13.9 Å². The van der Waals surface area contributed by atoms with Crippen molar-refractivity contribution >= 4 is 22.4 Å². The molecule has 30 heavy (non-hydrogen) atoms. The summed E-state index contributed by atoms with van der Waals surface area (Å²) in [5.74, 6) is 0.957. The molecule has 3 aromatic rings. The molecule has 1 amide bonds. The van der Waals surface area contributed by atoms with Crippen LogP contribution in [-0.4, -0.2) is 63.4 Å². The number of hydrogen-bond donors (Lipinski definition) is 0. The van der Waals surface area contributed by atoms with Crippen molar-refractivity contribution in [2.24, 2.45) is 0 Å². The van der Waals surface area contributed by atoms with Crippen LogP contribution in [0, 0.1) is 5.82 Å². The molecule has 0 saturated carbocycles. The van der Waals surface area contributed by atoms with E-state index in [0.29, 0.717) is 31.9 Å². The van der Waals surface area contributed by atoms with Crippen molar-refractivity contribution in [3.05, 3.63) is 46.9 Å². The van der Waals surface area contributed by atoms with Crippen molar-refractivity contribution in [3.8, 4) is 11.5 Å². The summed E-state index contributed by atoms with van der Waals surface area (Å²) in [5.41, 5.74) is 1.26. The number of nitrogens with zero attached hydrogens (tertiary/aromatic N) is 6. The molecular weight excluding hydrogens is 407 g/mol. The third kappa shape index (κ3) is 3.35. The molecule has 1 atom stereocenters. The first-order valence-electron chi connectivity index (χ1n) is 9.90. The number of carbonyl (C=O) groups is 1. The minimum atomic E-state index is -0.359. The highest BCUT2D eigenvalue weighted by atomic mass is 32.1. The van der Waals surface area contributed by atoms with Crippen molar-refractivity contribution in [2.75, 3.05) is 37.7 Å². The molecule has 5 rings (SSSR count). The zero-order chi connectivity index (χ0) is 20.7. The zero-order valence-corrected chi connectivity index (χ0v) is 17.3. The van der Waals surface area contributed by atoms with Crippen molar-refractivity contribution in [1.29, 1.82) is 0 Å². The molecule has 2 aliphatic rings. The highest BCUT2D eigenvalue weighted by Gasteiger charge is 2.32. The predicted octanol–water partition coefficient (Wildman–Crippen LogP) is 2.59. The Labute approximate surface area is 176 Å². The second-order valence-electron chi connectivity index (χ2n) is 7.33. The number of rotatable bonds is 3. The molecule has 156 valence electrons. The van der Waals surface area contributed by atoms with Gasteiger partial charge in [-0.25, -0.2) is 9.37 Å². The van der Waals surface area contributed by atoms with Gasteiger partial charge in [0.15, 0.2) is 16.8 Å².